The van der Waals surface area contributed by atoms with Crippen LogP contribution < -0.4 is 5.32 Å². The molecule has 0 amide bonds. The minimum atomic E-state index is -1.25. The van der Waals surface area contributed by atoms with E-state index in [-0.39, 0.29) is 12.5 Å². The average Bonchev–Trinajstić information content (AvgIpc) is 3.01. The zero-order valence-electron chi connectivity index (χ0n) is 14.9. The van der Waals surface area contributed by atoms with E-state index in [1.165, 1.54) is 0 Å². The molecule has 1 heterocycles. The third kappa shape index (κ3) is 3.34. The van der Waals surface area contributed by atoms with Crippen LogP contribution in [0.15, 0.2) is 48.5 Å². The zero-order chi connectivity index (χ0) is 18.8. The van der Waals surface area contributed by atoms with E-state index in [4.69, 9.17) is 4.74 Å². The highest BCUT2D eigenvalue weighted by Gasteiger charge is 2.36. The van der Waals surface area contributed by atoms with Crippen molar-refractivity contribution < 1.29 is 19.4 Å². The fraction of sp³-hybridized carbons (Fsp3) is 0.333. The van der Waals surface area contributed by atoms with Gasteiger partial charge in [-0.2, -0.15) is 0 Å². The van der Waals surface area contributed by atoms with Crippen molar-refractivity contribution in [1.82, 2.24) is 10.2 Å². The van der Waals surface area contributed by atoms with Gasteiger partial charge in [0, 0.05) is 32.1 Å². The van der Waals surface area contributed by atoms with Crippen LogP contribution in [-0.2, 0) is 14.3 Å². The highest BCUT2D eigenvalue weighted by molar-refractivity contribution is 5.98. The Kier molecular flexibility index (Phi) is 4.92. The van der Waals surface area contributed by atoms with Crippen LogP contribution in [0, 0.1) is 0 Å². The molecule has 4 rings (SSSR count). The van der Waals surface area contributed by atoms with Gasteiger partial charge in [-0.05, 0) is 22.3 Å². The first kappa shape index (κ1) is 17.7. The van der Waals surface area contributed by atoms with Crippen molar-refractivity contribution in [3.05, 3.63) is 59.7 Å². The normalized spacial score (nSPS) is 17.8. The van der Waals surface area contributed by atoms with E-state index in [9.17, 15) is 14.7 Å². The Morgan fingerprint density at radius 1 is 1.04 bits per heavy atom. The molecule has 6 nitrogen and oxygen atoms in total. The van der Waals surface area contributed by atoms with Gasteiger partial charge >= 0.3 is 11.9 Å². The number of carboxylic acid groups (broad SMARTS) is 1. The van der Waals surface area contributed by atoms with Crippen LogP contribution in [0.3, 0.4) is 0 Å². The summed E-state index contributed by atoms with van der Waals surface area (Å²) < 4.78 is 5.53. The monoisotopic (exact) mass is 366 g/mol. The molecule has 1 atom stereocenters. The summed E-state index contributed by atoms with van der Waals surface area (Å²) >= 11 is 0. The molecule has 140 valence electrons. The number of hydrogen-bond donors (Lipinski definition) is 2. The van der Waals surface area contributed by atoms with Crippen molar-refractivity contribution in [2.75, 3.05) is 32.8 Å². The first-order valence-corrected chi connectivity index (χ1v) is 9.19. The average molecular weight is 366 g/mol. The van der Waals surface area contributed by atoms with E-state index >= 15 is 0 Å². The van der Waals surface area contributed by atoms with Crippen molar-refractivity contribution >= 4 is 11.9 Å². The van der Waals surface area contributed by atoms with Gasteiger partial charge in [-0.3, -0.25) is 4.90 Å². The van der Waals surface area contributed by atoms with Crippen LogP contribution in [0.2, 0.25) is 0 Å². The molecule has 1 saturated heterocycles. The number of hydrogen-bond acceptors (Lipinski definition) is 5. The van der Waals surface area contributed by atoms with Crippen LogP contribution >= 0.6 is 0 Å². The van der Waals surface area contributed by atoms with Gasteiger partial charge in [-0.1, -0.05) is 48.5 Å². The van der Waals surface area contributed by atoms with Crippen LogP contribution in [0.25, 0.3) is 11.1 Å². The summed E-state index contributed by atoms with van der Waals surface area (Å²) in [6.45, 7) is 2.51. The van der Waals surface area contributed by atoms with Gasteiger partial charge in [-0.25, -0.2) is 9.59 Å². The van der Waals surface area contributed by atoms with E-state index in [2.05, 4.69) is 17.4 Å². The molecule has 1 aliphatic heterocycles. The number of carbonyl (C=O) groups is 2. The summed E-state index contributed by atoms with van der Waals surface area (Å²) in [5.74, 6) is -1.92. The van der Waals surface area contributed by atoms with E-state index < -0.39 is 18.0 Å². The molecular weight excluding hydrogens is 344 g/mol. The van der Waals surface area contributed by atoms with Crippen LogP contribution in [-0.4, -0.2) is 60.8 Å². The van der Waals surface area contributed by atoms with E-state index in [1.807, 2.05) is 36.4 Å². The van der Waals surface area contributed by atoms with Gasteiger partial charge in [0.15, 0.2) is 0 Å². The number of carboxylic acids is 1. The number of piperazine rings is 1. The molecule has 1 unspecified atom stereocenters. The van der Waals surface area contributed by atoms with Crippen molar-refractivity contribution in [2.24, 2.45) is 0 Å². The number of rotatable bonds is 5. The van der Waals surface area contributed by atoms with Crippen molar-refractivity contribution in [3.8, 4) is 11.1 Å². The first-order valence-electron chi connectivity index (χ1n) is 9.19. The molecule has 0 bridgehead atoms. The molecule has 0 spiro atoms. The first-order chi connectivity index (χ1) is 13.2. The number of ether oxygens (including phenoxy) is 1. The molecule has 0 saturated carbocycles. The minimum Gasteiger partial charge on any atom is -0.480 e. The van der Waals surface area contributed by atoms with Gasteiger partial charge in [-0.15, -0.1) is 0 Å². The summed E-state index contributed by atoms with van der Waals surface area (Å²) in [4.78, 5) is 25.9. The Bertz CT molecular complexity index is 815. The zero-order valence-corrected chi connectivity index (χ0v) is 14.9. The molecule has 1 fully saturated rings. The molecule has 27 heavy (non-hydrogen) atoms. The predicted octanol–water partition coefficient (Wildman–Crippen LogP) is 1.70. The maximum atomic E-state index is 12.6. The maximum Gasteiger partial charge on any atom is 0.335 e. The highest BCUT2D eigenvalue weighted by atomic mass is 16.5. The second-order valence-electron chi connectivity index (χ2n) is 6.88. The largest absolute Gasteiger partial charge is 0.480 e. The van der Waals surface area contributed by atoms with Gasteiger partial charge in [0.2, 0.25) is 6.04 Å². The Hall–Kier alpha value is -2.70. The Morgan fingerprint density at radius 3 is 2.15 bits per heavy atom. The number of carbonyl (C=O) groups excluding carboxylic acids is 1. The Labute approximate surface area is 157 Å². The second-order valence-corrected chi connectivity index (χ2v) is 6.88. The maximum absolute atomic E-state index is 12.6. The number of nitrogens with zero attached hydrogens (tertiary/aromatic N) is 1. The van der Waals surface area contributed by atoms with Crippen LogP contribution in [0.5, 0.6) is 0 Å². The number of aliphatic carboxylic acids is 1. The fourth-order valence-corrected chi connectivity index (χ4v) is 4.03. The van der Waals surface area contributed by atoms with Gasteiger partial charge in [0.05, 0.1) is 0 Å². The Morgan fingerprint density at radius 2 is 1.59 bits per heavy atom. The summed E-state index contributed by atoms with van der Waals surface area (Å²) in [5.41, 5.74) is 4.51. The van der Waals surface area contributed by atoms with Crippen molar-refractivity contribution in [1.29, 1.82) is 0 Å². The number of nitrogens with one attached hydrogen (secondary N) is 1. The molecule has 2 N–H and O–H groups in total. The van der Waals surface area contributed by atoms with E-state index in [1.54, 1.807) is 4.90 Å². The standard InChI is InChI=1S/C21H22N2O4/c24-20(25)19(23-11-9-22-10-12-23)21(26)27-13-18-16-7-3-1-5-14(16)15-6-2-4-8-17(15)18/h1-8,18-19,22H,9-13H2,(H,24,25). The molecular formula is C21H22N2O4. The third-order valence-corrected chi connectivity index (χ3v) is 5.33. The Balaban J connectivity index is 1.52. The van der Waals surface area contributed by atoms with Gasteiger partial charge < -0.3 is 15.2 Å². The van der Waals surface area contributed by atoms with E-state index in [0.29, 0.717) is 26.2 Å². The SMILES string of the molecule is O=C(O)C(C(=O)OCC1c2ccccc2-c2ccccc21)N1CCNCC1. The number of benzene rings is 2. The number of esters is 1. The molecule has 2 aliphatic rings. The molecule has 0 aromatic heterocycles. The third-order valence-electron chi connectivity index (χ3n) is 5.33. The number of fused-ring (bicyclic) bond motifs is 3. The fourth-order valence-electron chi connectivity index (χ4n) is 4.03. The van der Waals surface area contributed by atoms with Gasteiger partial charge in [0.25, 0.3) is 0 Å². The molecule has 6 heteroatoms. The van der Waals surface area contributed by atoms with Crippen LogP contribution in [0.4, 0.5) is 0 Å². The predicted molar refractivity (Wildman–Crippen MR) is 101 cm³/mol. The second kappa shape index (κ2) is 7.50. The quantitative estimate of drug-likeness (QED) is 0.619. The van der Waals surface area contributed by atoms with Gasteiger partial charge in [0.1, 0.15) is 6.61 Å². The lowest BCUT2D eigenvalue weighted by Gasteiger charge is -2.31. The lowest BCUT2D eigenvalue weighted by molar-refractivity contribution is -0.161. The molecule has 1 aliphatic carbocycles. The molecule has 2 aromatic rings. The van der Waals surface area contributed by atoms with Crippen molar-refractivity contribution in [2.45, 2.75) is 12.0 Å². The topological polar surface area (TPSA) is 78.9 Å². The summed E-state index contributed by atoms with van der Waals surface area (Å²) in [6, 6.07) is 14.9. The lowest BCUT2D eigenvalue weighted by atomic mass is 9.98. The summed E-state index contributed by atoms with van der Waals surface area (Å²) in [5, 5.41) is 12.7. The van der Waals surface area contributed by atoms with E-state index in [0.717, 1.165) is 22.3 Å². The smallest absolute Gasteiger partial charge is 0.335 e. The molecule has 0 radical (unpaired) electrons. The molecule has 2 aromatic carbocycles. The highest BCUT2D eigenvalue weighted by Crippen LogP contribution is 2.44. The minimum absolute atomic E-state index is 0.0705. The lowest BCUT2D eigenvalue weighted by Crippen LogP contribution is -2.54. The summed E-state index contributed by atoms with van der Waals surface area (Å²) in [7, 11) is 0. The van der Waals surface area contributed by atoms with Crippen molar-refractivity contribution in [3.63, 3.8) is 0 Å². The summed E-state index contributed by atoms with van der Waals surface area (Å²) in [6.07, 6.45) is 0. The van der Waals surface area contributed by atoms with Crippen LogP contribution in [0.1, 0.15) is 17.0 Å².